The van der Waals surface area contributed by atoms with Crippen LogP contribution >= 0.6 is 22.7 Å². The zero-order valence-corrected chi connectivity index (χ0v) is 8.10. The van der Waals surface area contributed by atoms with Gasteiger partial charge in [0.05, 0.1) is 6.42 Å². The zero-order valence-electron chi connectivity index (χ0n) is 6.47. The molecule has 0 fully saturated rings. The molecule has 0 unspecified atom stereocenters. The summed E-state index contributed by atoms with van der Waals surface area (Å²) >= 11 is 2.69. The van der Waals surface area contributed by atoms with Crippen LogP contribution in [-0.2, 0) is 6.42 Å². The van der Waals surface area contributed by atoms with E-state index in [0.717, 1.165) is 10.0 Å². The quantitative estimate of drug-likeness (QED) is 0.737. The van der Waals surface area contributed by atoms with Crippen LogP contribution in [0.3, 0.4) is 0 Å². The minimum Gasteiger partial charge on any atom is -0.374 e. The number of hydrogen-bond donors (Lipinski definition) is 2. The van der Waals surface area contributed by atoms with Gasteiger partial charge >= 0.3 is 0 Å². The lowest BCUT2D eigenvalue weighted by Crippen LogP contribution is -1.86. The van der Waals surface area contributed by atoms with Crippen LogP contribution in [0.2, 0.25) is 0 Å². The monoisotopic (exact) mass is 214 g/mol. The van der Waals surface area contributed by atoms with E-state index in [1.165, 1.54) is 22.7 Å². The van der Waals surface area contributed by atoms with E-state index in [2.05, 4.69) is 20.4 Å². The summed E-state index contributed by atoms with van der Waals surface area (Å²) in [6, 6.07) is 0. The molecule has 0 saturated heterocycles. The first-order valence-corrected chi connectivity index (χ1v) is 5.03. The summed E-state index contributed by atoms with van der Waals surface area (Å²) in [6.45, 7) is 0. The molecule has 0 saturated carbocycles. The maximum absolute atomic E-state index is 5.43. The number of hydrogen-bond acceptors (Lipinski definition) is 8. The molecule has 6 nitrogen and oxygen atoms in total. The van der Waals surface area contributed by atoms with Crippen LogP contribution in [0.15, 0.2) is 0 Å². The van der Waals surface area contributed by atoms with Crippen LogP contribution in [0.25, 0.3) is 0 Å². The van der Waals surface area contributed by atoms with Crippen molar-refractivity contribution < 1.29 is 0 Å². The molecule has 0 aliphatic rings. The standard InChI is InChI=1S/C5H6N6S2/c6-4-10-8-2(12-4)1-3-9-11-5(7)13-3/h1H2,(H2,6,10)(H2,7,11). The molecule has 0 bridgehead atoms. The lowest BCUT2D eigenvalue weighted by Gasteiger charge is -1.85. The van der Waals surface area contributed by atoms with Crippen molar-refractivity contribution in [3.8, 4) is 0 Å². The van der Waals surface area contributed by atoms with Gasteiger partial charge in [-0.25, -0.2) is 0 Å². The molecular formula is C5H6N6S2. The first-order chi connectivity index (χ1) is 6.24. The van der Waals surface area contributed by atoms with Crippen molar-refractivity contribution in [3.05, 3.63) is 10.0 Å². The molecule has 0 aliphatic carbocycles. The molecule has 0 aliphatic heterocycles. The summed E-state index contributed by atoms with van der Waals surface area (Å²) < 4.78 is 0. The van der Waals surface area contributed by atoms with E-state index in [4.69, 9.17) is 11.5 Å². The Morgan fingerprint density at radius 3 is 1.62 bits per heavy atom. The number of nitrogens with two attached hydrogens (primary N) is 2. The number of aromatic nitrogens is 4. The van der Waals surface area contributed by atoms with Crippen molar-refractivity contribution in [1.82, 2.24) is 20.4 Å². The van der Waals surface area contributed by atoms with Crippen molar-refractivity contribution in [2.24, 2.45) is 0 Å². The van der Waals surface area contributed by atoms with E-state index < -0.39 is 0 Å². The molecule has 2 heterocycles. The Morgan fingerprint density at radius 2 is 1.31 bits per heavy atom. The molecule has 0 aromatic carbocycles. The second kappa shape index (κ2) is 3.23. The molecule has 13 heavy (non-hydrogen) atoms. The second-order valence-corrected chi connectivity index (χ2v) is 4.43. The van der Waals surface area contributed by atoms with Crippen molar-refractivity contribution in [2.45, 2.75) is 6.42 Å². The van der Waals surface area contributed by atoms with Crippen molar-refractivity contribution in [1.29, 1.82) is 0 Å². The largest absolute Gasteiger partial charge is 0.374 e. The highest BCUT2D eigenvalue weighted by molar-refractivity contribution is 7.16. The van der Waals surface area contributed by atoms with Crippen LogP contribution in [0.5, 0.6) is 0 Å². The molecular weight excluding hydrogens is 208 g/mol. The van der Waals surface area contributed by atoms with Gasteiger partial charge in [0.2, 0.25) is 10.3 Å². The summed E-state index contributed by atoms with van der Waals surface area (Å²) in [5.41, 5.74) is 10.9. The topological polar surface area (TPSA) is 104 Å². The molecule has 0 amide bonds. The Kier molecular flexibility index (Phi) is 2.07. The first kappa shape index (κ1) is 8.32. The Labute approximate surface area is 81.6 Å². The third kappa shape index (κ3) is 1.90. The summed E-state index contributed by atoms with van der Waals surface area (Å²) in [6.07, 6.45) is 0.601. The zero-order chi connectivity index (χ0) is 9.26. The Hall–Kier alpha value is -1.28. The van der Waals surface area contributed by atoms with Crippen molar-refractivity contribution >= 4 is 32.9 Å². The minimum absolute atomic E-state index is 0.465. The van der Waals surface area contributed by atoms with Gasteiger partial charge in [0, 0.05) is 0 Å². The highest BCUT2D eigenvalue weighted by atomic mass is 32.1. The lowest BCUT2D eigenvalue weighted by atomic mass is 10.5. The molecule has 0 radical (unpaired) electrons. The predicted molar refractivity (Wildman–Crippen MR) is 51.4 cm³/mol. The predicted octanol–water partition coefficient (Wildman–Crippen LogP) is 0.145. The molecule has 2 aromatic rings. The fourth-order valence-electron chi connectivity index (χ4n) is 0.805. The molecule has 2 aromatic heterocycles. The third-order valence-corrected chi connectivity index (χ3v) is 2.77. The van der Waals surface area contributed by atoms with Gasteiger partial charge < -0.3 is 11.5 Å². The first-order valence-electron chi connectivity index (χ1n) is 3.40. The maximum atomic E-state index is 5.43. The van der Waals surface area contributed by atoms with Crippen LogP contribution in [-0.4, -0.2) is 20.4 Å². The Bertz CT molecular complexity index is 368. The molecule has 8 heteroatoms. The van der Waals surface area contributed by atoms with Gasteiger partial charge in [-0.15, -0.1) is 20.4 Å². The average Bonchev–Trinajstić information content (AvgIpc) is 2.62. The summed E-state index contributed by atoms with van der Waals surface area (Å²) in [5, 5.41) is 17.7. The third-order valence-electron chi connectivity index (χ3n) is 1.27. The molecule has 68 valence electrons. The van der Waals surface area contributed by atoms with E-state index in [1.54, 1.807) is 0 Å². The summed E-state index contributed by atoms with van der Waals surface area (Å²) in [5.74, 6) is 0. The van der Waals surface area contributed by atoms with Crippen molar-refractivity contribution in [3.63, 3.8) is 0 Å². The normalized spacial score (nSPS) is 10.5. The van der Waals surface area contributed by atoms with E-state index in [0.29, 0.717) is 16.7 Å². The van der Waals surface area contributed by atoms with Crippen molar-refractivity contribution in [2.75, 3.05) is 11.5 Å². The van der Waals surface area contributed by atoms with Gasteiger partial charge in [-0.3, -0.25) is 0 Å². The van der Waals surface area contributed by atoms with Crippen LogP contribution < -0.4 is 11.5 Å². The number of nitrogen functional groups attached to an aromatic ring is 2. The SMILES string of the molecule is Nc1nnc(Cc2nnc(N)s2)s1. The van der Waals surface area contributed by atoms with Gasteiger partial charge in [-0.05, 0) is 0 Å². The number of rotatable bonds is 2. The molecule has 0 spiro atoms. The second-order valence-electron chi connectivity index (χ2n) is 2.24. The lowest BCUT2D eigenvalue weighted by molar-refractivity contribution is 0.963. The Balaban J connectivity index is 2.14. The Morgan fingerprint density at radius 1 is 0.846 bits per heavy atom. The van der Waals surface area contributed by atoms with E-state index >= 15 is 0 Å². The van der Waals surface area contributed by atoms with Gasteiger partial charge in [0.25, 0.3) is 0 Å². The summed E-state index contributed by atoms with van der Waals surface area (Å²) in [7, 11) is 0. The maximum Gasteiger partial charge on any atom is 0.203 e. The fourth-order valence-corrected chi connectivity index (χ4v) is 2.12. The van der Waals surface area contributed by atoms with Crippen LogP contribution in [0.4, 0.5) is 10.3 Å². The summed E-state index contributed by atoms with van der Waals surface area (Å²) in [4.78, 5) is 0. The number of anilines is 2. The van der Waals surface area contributed by atoms with Gasteiger partial charge in [-0.2, -0.15) is 0 Å². The van der Waals surface area contributed by atoms with Crippen LogP contribution in [0.1, 0.15) is 10.0 Å². The van der Waals surface area contributed by atoms with E-state index in [9.17, 15) is 0 Å². The molecule has 4 N–H and O–H groups in total. The molecule has 2 rings (SSSR count). The van der Waals surface area contributed by atoms with E-state index in [-0.39, 0.29) is 0 Å². The fraction of sp³-hybridized carbons (Fsp3) is 0.200. The van der Waals surface area contributed by atoms with Gasteiger partial charge in [0.1, 0.15) is 10.0 Å². The van der Waals surface area contributed by atoms with Gasteiger partial charge in [0.15, 0.2) is 0 Å². The van der Waals surface area contributed by atoms with Gasteiger partial charge in [-0.1, -0.05) is 22.7 Å². The molecule has 0 atom stereocenters. The highest BCUT2D eigenvalue weighted by Crippen LogP contribution is 2.18. The average molecular weight is 214 g/mol. The smallest absolute Gasteiger partial charge is 0.203 e. The van der Waals surface area contributed by atoms with E-state index in [1.807, 2.05) is 0 Å². The minimum atomic E-state index is 0.465. The number of nitrogens with zero attached hydrogens (tertiary/aromatic N) is 4. The highest BCUT2D eigenvalue weighted by Gasteiger charge is 2.06. The van der Waals surface area contributed by atoms with Crippen LogP contribution in [0, 0.1) is 0 Å².